The summed E-state index contributed by atoms with van der Waals surface area (Å²) in [5, 5.41) is 12.2. The van der Waals surface area contributed by atoms with Crippen molar-refractivity contribution >= 4 is 22.5 Å². The van der Waals surface area contributed by atoms with Crippen LogP contribution < -0.4 is 0 Å². The largest absolute Gasteiger partial charge is 0.505 e. The predicted octanol–water partition coefficient (Wildman–Crippen LogP) is 6.38. The molecule has 0 fully saturated rings. The summed E-state index contributed by atoms with van der Waals surface area (Å²) in [5.41, 5.74) is 1.61. The van der Waals surface area contributed by atoms with Crippen LogP contribution in [0.15, 0.2) is 73.1 Å². The summed E-state index contributed by atoms with van der Waals surface area (Å²) < 4.78 is 39.0. The van der Waals surface area contributed by atoms with Gasteiger partial charge >= 0.3 is 6.18 Å². The number of benzene rings is 2. The average molecular weight is 429 g/mol. The molecule has 152 valence electrons. The van der Waals surface area contributed by atoms with Crippen LogP contribution in [0.5, 0.6) is 5.75 Å². The number of aromatic hydroxyl groups is 1. The molecule has 0 amide bonds. The number of phenolic OH excluding ortho intramolecular Hbond substituents is 1. The summed E-state index contributed by atoms with van der Waals surface area (Å²) in [6, 6.07) is 15.7. The summed E-state index contributed by atoms with van der Waals surface area (Å²) in [4.78, 5) is 8.56. The number of hydrogen-bond acceptors (Lipinski definition) is 3. The van der Waals surface area contributed by atoms with E-state index in [-0.39, 0.29) is 5.75 Å². The van der Waals surface area contributed by atoms with Crippen molar-refractivity contribution in [3.63, 3.8) is 0 Å². The van der Waals surface area contributed by atoms with Gasteiger partial charge in [-0.05, 0) is 35.9 Å². The number of hydrogen-bond donors (Lipinski definition) is 1. The van der Waals surface area contributed by atoms with Gasteiger partial charge in [0.05, 0.1) is 10.6 Å². The van der Waals surface area contributed by atoms with Crippen molar-refractivity contribution in [1.29, 1.82) is 0 Å². The molecule has 1 unspecified atom stereocenters. The second kappa shape index (κ2) is 7.95. The first-order chi connectivity index (χ1) is 14.3. The smallest absolute Gasteiger partial charge is 0.416 e. The molecule has 0 spiro atoms. The van der Waals surface area contributed by atoms with E-state index >= 15 is 0 Å². The normalized spacial score (nSPS) is 12.8. The van der Waals surface area contributed by atoms with E-state index in [1.807, 2.05) is 12.1 Å². The molecule has 4 rings (SSSR count). The van der Waals surface area contributed by atoms with Crippen molar-refractivity contribution in [3.05, 3.63) is 100 Å². The maximum absolute atomic E-state index is 13.0. The topological polar surface area (TPSA) is 46.0 Å². The third-order valence-corrected chi connectivity index (χ3v) is 5.22. The van der Waals surface area contributed by atoms with E-state index in [1.54, 1.807) is 30.5 Å². The maximum Gasteiger partial charge on any atom is 0.416 e. The van der Waals surface area contributed by atoms with Crippen LogP contribution >= 0.6 is 11.6 Å². The van der Waals surface area contributed by atoms with E-state index in [4.69, 9.17) is 11.6 Å². The fourth-order valence-electron chi connectivity index (χ4n) is 3.47. The lowest BCUT2D eigenvalue weighted by Gasteiger charge is -2.20. The monoisotopic (exact) mass is 428 g/mol. The van der Waals surface area contributed by atoms with Gasteiger partial charge in [0.15, 0.2) is 0 Å². The fourth-order valence-corrected chi connectivity index (χ4v) is 3.59. The summed E-state index contributed by atoms with van der Waals surface area (Å²) in [6.45, 7) is 0. The average Bonchev–Trinajstić information content (AvgIpc) is 2.74. The molecule has 2 aromatic heterocycles. The highest BCUT2D eigenvalue weighted by atomic mass is 35.5. The molecule has 0 bridgehead atoms. The van der Waals surface area contributed by atoms with Crippen LogP contribution in [0.2, 0.25) is 5.02 Å². The first kappa shape index (κ1) is 20.2. The standard InChI is InChI=1S/C23H16ClF3N2O/c24-17-8-9-18(29-13-17)12-20(14-3-6-16(7-4-14)23(25,26)27)19-10-5-15-2-1-11-28-21(15)22(19)30/h1-11,13,20,30H,12H2. The van der Waals surface area contributed by atoms with Gasteiger partial charge in [0.2, 0.25) is 0 Å². The molecule has 7 heteroatoms. The minimum atomic E-state index is -4.42. The van der Waals surface area contributed by atoms with Gasteiger partial charge in [-0.2, -0.15) is 13.2 Å². The molecule has 0 radical (unpaired) electrons. The Morgan fingerprint density at radius 3 is 2.37 bits per heavy atom. The number of pyridine rings is 2. The summed E-state index contributed by atoms with van der Waals surface area (Å²) in [5.74, 6) is -0.417. The number of aromatic nitrogens is 2. The molecule has 2 aromatic carbocycles. The quantitative estimate of drug-likeness (QED) is 0.410. The van der Waals surface area contributed by atoms with Crippen molar-refractivity contribution in [2.75, 3.05) is 0 Å². The molecule has 0 saturated heterocycles. The Morgan fingerprint density at radius 1 is 0.933 bits per heavy atom. The summed E-state index contributed by atoms with van der Waals surface area (Å²) >= 11 is 5.92. The van der Waals surface area contributed by atoms with Crippen LogP contribution in [-0.2, 0) is 12.6 Å². The molecular formula is C23H16ClF3N2O. The van der Waals surface area contributed by atoms with Crippen LogP contribution in [0.25, 0.3) is 10.9 Å². The van der Waals surface area contributed by atoms with Gasteiger partial charge in [-0.15, -0.1) is 0 Å². The number of rotatable bonds is 4. The molecule has 1 N–H and O–H groups in total. The van der Waals surface area contributed by atoms with E-state index in [0.717, 1.165) is 17.5 Å². The van der Waals surface area contributed by atoms with Gasteiger partial charge < -0.3 is 5.11 Å². The Kier molecular flexibility index (Phi) is 5.35. The second-order valence-electron chi connectivity index (χ2n) is 6.92. The van der Waals surface area contributed by atoms with Crippen LogP contribution in [0, 0.1) is 0 Å². The third kappa shape index (κ3) is 4.09. The first-order valence-corrected chi connectivity index (χ1v) is 9.55. The molecule has 1 atom stereocenters. The van der Waals surface area contributed by atoms with E-state index in [2.05, 4.69) is 9.97 Å². The Hall–Kier alpha value is -3.12. The Balaban J connectivity index is 1.81. The van der Waals surface area contributed by atoms with Gasteiger partial charge in [0.25, 0.3) is 0 Å². The van der Waals surface area contributed by atoms with Gasteiger partial charge in [0.1, 0.15) is 11.3 Å². The number of nitrogens with zero attached hydrogens (tertiary/aromatic N) is 2. The zero-order valence-electron chi connectivity index (χ0n) is 15.6. The molecule has 4 aromatic rings. The fraction of sp³-hybridized carbons (Fsp3) is 0.130. The Bertz CT molecular complexity index is 1180. The molecule has 0 aliphatic heterocycles. The third-order valence-electron chi connectivity index (χ3n) is 5.00. The second-order valence-corrected chi connectivity index (χ2v) is 7.36. The van der Waals surface area contributed by atoms with Crippen LogP contribution in [0.3, 0.4) is 0 Å². The predicted molar refractivity (Wildman–Crippen MR) is 110 cm³/mol. The van der Waals surface area contributed by atoms with Gasteiger partial charge in [-0.1, -0.05) is 41.9 Å². The van der Waals surface area contributed by atoms with E-state index in [0.29, 0.717) is 33.8 Å². The number of fused-ring (bicyclic) bond motifs is 1. The lowest BCUT2D eigenvalue weighted by molar-refractivity contribution is -0.137. The molecule has 2 heterocycles. The number of alkyl halides is 3. The lowest BCUT2D eigenvalue weighted by atomic mass is 9.85. The SMILES string of the molecule is Oc1c(C(Cc2ccc(Cl)cn2)c2ccc(C(F)(F)F)cc2)ccc2cccnc12. The summed E-state index contributed by atoms with van der Waals surface area (Å²) in [6.07, 6.45) is -0.947. The Labute approximate surface area is 175 Å². The zero-order valence-corrected chi connectivity index (χ0v) is 16.3. The van der Waals surface area contributed by atoms with Crippen molar-refractivity contribution in [2.45, 2.75) is 18.5 Å². The van der Waals surface area contributed by atoms with Crippen LogP contribution in [-0.4, -0.2) is 15.1 Å². The van der Waals surface area contributed by atoms with Gasteiger partial charge in [0, 0.05) is 41.4 Å². The Morgan fingerprint density at radius 2 is 1.70 bits per heavy atom. The van der Waals surface area contributed by atoms with Crippen molar-refractivity contribution in [3.8, 4) is 5.75 Å². The van der Waals surface area contributed by atoms with Gasteiger partial charge in [-0.25, -0.2) is 0 Å². The maximum atomic E-state index is 13.0. The van der Waals surface area contributed by atoms with Crippen molar-refractivity contribution < 1.29 is 18.3 Å². The minimum absolute atomic E-state index is 0.00645. The molecule has 30 heavy (non-hydrogen) atoms. The molecule has 3 nitrogen and oxygen atoms in total. The van der Waals surface area contributed by atoms with Gasteiger partial charge in [-0.3, -0.25) is 9.97 Å². The molecular weight excluding hydrogens is 413 g/mol. The molecule has 0 aliphatic rings. The number of phenols is 1. The van der Waals surface area contributed by atoms with E-state index in [1.165, 1.54) is 18.3 Å². The highest BCUT2D eigenvalue weighted by Crippen LogP contribution is 2.38. The molecule has 0 aliphatic carbocycles. The highest BCUT2D eigenvalue weighted by Gasteiger charge is 2.30. The van der Waals surface area contributed by atoms with Crippen LogP contribution in [0.1, 0.15) is 28.3 Å². The lowest BCUT2D eigenvalue weighted by Crippen LogP contribution is -2.09. The summed E-state index contributed by atoms with van der Waals surface area (Å²) in [7, 11) is 0. The van der Waals surface area contributed by atoms with Crippen LogP contribution in [0.4, 0.5) is 13.2 Å². The molecule has 0 saturated carbocycles. The van der Waals surface area contributed by atoms with Crippen molar-refractivity contribution in [2.24, 2.45) is 0 Å². The van der Waals surface area contributed by atoms with E-state index < -0.39 is 17.7 Å². The first-order valence-electron chi connectivity index (χ1n) is 9.17. The van der Waals surface area contributed by atoms with E-state index in [9.17, 15) is 18.3 Å². The highest BCUT2D eigenvalue weighted by molar-refractivity contribution is 6.30. The minimum Gasteiger partial charge on any atom is -0.505 e. The van der Waals surface area contributed by atoms with Crippen molar-refractivity contribution in [1.82, 2.24) is 9.97 Å². The zero-order chi connectivity index (χ0) is 21.3. The number of halogens is 4.